The van der Waals surface area contributed by atoms with Gasteiger partial charge in [0.15, 0.2) is 11.8 Å². The molecule has 6 heteroatoms. The van der Waals surface area contributed by atoms with Gasteiger partial charge in [-0.2, -0.15) is 0 Å². The number of rotatable bonds is 7. The lowest BCUT2D eigenvalue weighted by molar-refractivity contribution is 0.455. The van der Waals surface area contributed by atoms with Crippen LogP contribution in [0.15, 0.2) is 33.8 Å². The van der Waals surface area contributed by atoms with Crippen LogP contribution in [0, 0.1) is 0 Å². The van der Waals surface area contributed by atoms with Gasteiger partial charge in [-0.25, -0.2) is 15.0 Å². The molecule has 0 fully saturated rings. The maximum atomic E-state index is 5.61. The van der Waals surface area contributed by atoms with E-state index in [-0.39, 0.29) is 11.8 Å². The third kappa shape index (κ3) is 4.00. The lowest BCUT2D eigenvalue weighted by Gasteiger charge is -2.08. The lowest BCUT2D eigenvalue weighted by Crippen LogP contribution is -2.06. The molecule has 0 saturated heterocycles. The Hall–Kier alpha value is -2.37. The van der Waals surface area contributed by atoms with E-state index in [0.29, 0.717) is 5.92 Å². The molecule has 2 unspecified atom stereocenters. The molecule has 0 radical (unpaired) electrons. The molecule has 0 amide bonds. The van der Waals surface area contributed by atoms with E-state index in [2.05, 4.69) is 48.4 Å². The lowest BCUT2D eigenvalue weighted by atomic mass is 10.1. The molecule has 2 atom stereocenters. The zero-order valence-electron chi connectivity index (χ0n) is 15.6. The minimum absolute atomic E-state index is 0.202. The van der Waals surface area contributed by atoms with Crippen molar-refractivity contribution in [3.63, 3.8) is 0 Å². The highest BCUT2D eigenvalue weighted by Gasteiger charge is 2.19. The van der Waals surface area contributed by atoms with Crippen LogP contribution in [0.4, 0.5) is 0 Å². The molecular weight excluding hydrogens is 316 g/mol. The molecule has 3 heterocycles. The molecule has 0 aliphatic heterocycles. The van der Waals surface area contributed by atoms with E-state index in [0.717, 1.165) is 41.8 Å². The fourth-order valence-corrected chi connectivity index (χ4v) is 3.02. The highest BCUT2D eigenvalue weighted by Crippen LogP contribution is 2.23. The van der Waals surface area contributed by atoms with Crippen molar-refractivity contribution in [2.24, 2.45) is 7.05 Å². The van der Waals surface area contributed by atoms with Crippen molar-refractivity contribution < 1.29 is 8.83 Å². The zero-order chi connectivity index (χ0) is 18.0. The molecule has 3 aromatic heterocycles. The van der Waals surface area contributed by atoms with Crippen LogP contribution in [-0.4, -0.2) is 19.5 Å². The SMILES string of the molecule is CC(C)c1coc(CC(C)c2nc(CC(C)c3ncco3)cn2C)n1. The first-order valence-corrected chi connectivity index (χ1v) is 8.79. The highest BCUT2D eigenvalue weighted by molar-refractivity contribution is 5.12. The maximum absolute atomic E-state index is 5.61. The number of oxazole rings is 2. The summed E-state index contributed by atoms with van der Waals surface area (Å²) in [5.74, 6) is 3.38. The fourth-order valence-electron chi connectivity index (χ4n) is 3.02. The number of aromatic nitrogens is 4. The number of hydrogen-bond donors (Lipinski definition) is 0. The minimum atomic E-state index is 0.202. The molecule has 25 heavy (non-hydrogen) atoms. The number of imidazole rings is 1. The molecule has 3 aromatic rings. The van der Waals surface area contributed by atoms with Crippen molar-refractivity contribution in [2.45, 2.75) is 58.3 Å². The van der Waals surface area contributed by atoms with Gasteiger partial charge in [-0.05, 0) is 5.92 Å². The van der Waals surface area contributed by atoms with Gasteiger partial charge in [-0.3, -0.25) is 0 Å². The Balaban J connectivity index is 1.68. The summed E-state index contributed by atoms with van der Waals surface area (Å²) in [6, 6.07) is 0. The smallest absolute Gasteiger partial charge is 0.197 e. The van der Waals surface area contributed by atoms with Crippen molar-refractivity contribution >= 4 is 0 Å². The van der Waals surface area contributed by atoms with Crippen LogP contribution < -0.4 is 0 Å². The summed E-state index contributed by atoms with van der Waals surface area (Å²) in [7, 11) is 2.03. The van der Waals surface area contributed by atoms with Crippen LogP contribution in [0.2, 0.25) is 0 Å². The molecule has 0 aliphatic carbocycles. The highest BCUT2D eigenvalue weighted by atomic mass is 16.3. The van der Waals surface area contributed by atoms with Gasteiger partial charge < -0.3 is 13.4 Å². The molecule has 6 nitrogen and oxygen atoms in total. The van der Waals surface area contributed by atoms with Gasteiger partial charge in [0.1, 0.15) is 18.4 Å². The minimum Gasteiger partial charge on any atom is -0.449 e. The van der Waals surface area contributed by atoms with Crippen LogP contribution in [-0.2, 0) is 19.9 Å². The summed E-state index contributed by atoms with van der Waals surface area (Å²) in [5, 5.41) is 0. The van der Waals surface area contributed by atoms with E-state index in [1.165, 1.54) is 0 Å². The summed E-state index contributed by atoms with van der Waals surface area (Å²) in [6.07, 6.45) is 8.68. The van der Waals surface area contributed by atoms with Gasteiger partial charge in [0.25, 0.3) is 0 Å². The Morgan fingerprint density at radius 1 is 1.04 bits per heavy atom. The average molecular weight is 342 g/mol. The summed E-state index contributed by atoms with van der Waals surface area (Å²) in [4.78, 5) is 13.6. The van der Waals surface area contributed by atoms with Crippen LogP contribution in [0.5, 0.6) is 0 Å². The van der Waals surface area contributed by atoms with E-state index in [1.54, 1.807) is 18.7 Å². The van der Waals surface area contributed by atoms with E-state index < -0.39 is 0 Å². The summed E-state index contributed by atoms with van der Waals surface area (Å²) in [6.45, 7) is 8.49. The Labute approximate surface area is 148 Å². The number of hydrogen-bond acceptors (Lipinski definition) is 5. The summed E-state index contributed by atoms with van der Waals surface area (Å²) in [5.41, 5.74) is 2.05. The van der Waals surface area contributed by atoms with Gasteiger partial charge in [0.2, 0.25) is 0 Å². The first-order valence-electron chi connectivity index (χ1n) is 8.79. The third-order valence-corrected chi connectivity index (χ3v) is 4.43. The van der Waals surface area contributed by atoms with Crippen LogP contribution in [0.25, 0.3) is 0 Å². The second kappa shape index (κ2) is 7.25. The standard InChI is InChI=1S/C19H26N4O2/c1-12(2)16-11-25-17(22-16)9-13(3)18-21-15(10-23(18)5)8-14(4)19-20-6-7-24-19/h6-7,10-14H,8-9H2,1-5H3. The quantitative estimate of drug-likeness (QED) is 0.643. The first-order chi connectivity index (χ1) is 11.9. The normalized spacial score (nSPS) is 14.2. The van der Waals surface area contributed by atoms with Crippen molar-refractivity contribution in [1.82, 2.24) is 19.5 Å². The second-order valence-electron chi connectivity index (χ2n) is 7.10. The summed E-state index contributed by atoms with van der Waals surface area (Å²) >= 11 is 0. The molecule has 0 spiro atoms. The van der Waals surface area contributed by atoms with Gasteiger partial charge in [-0.1, -0.05) is 27.7 Å². The molecule has 0 aromatic carbocycles. The van der Waals surface area contributed by atoms with Crippen molar-refractivity contribution in [1.29, 1.82) is 0 Å². The van der Waals surface area contributed by atoms with E-state index >= 15 is 0 Å². The molecule has 0 saturated carbocycles. The maximum Gasteiger partial charge on any atom is 0.197 e. The Morgan fingerprint density at radius 2 is 1.84 bits per heavy atom. The zero-order valence-corrected chi connectivity index (χ0v) is 15.6. The van der Waals surface area contributed by atoms with E-state index in [4.69, 9.17) is 13.8 Å². The van der Waals surface area contributed by atoms with Gasteiger partial charge in [0, 0.05) is 37.9 Å². The molecular formula is C19H26N4O2. The van der Waals surface area contributed by atoms with Crippen LogP contribution in [0.1, 0.15) is 74.4 Å². The van der Waals surface area contributed by atoms with Gasteiger partial charge in [0.05, 0.1) is 17.6 Å². The van der Waals surface area contributed by atoms with E-state index in [1.807, 2.05) is 7.05 Å². The predicted molar refractivity (Wildman–Crippen MR) is 94.5 cm³/mol. The van der Waals surface area contributed by atoms with Gasteiger partial charge >= 0.3 is 0 Å². The Bertz CT molecular complexity index is 801. The fraction of sp³-hybridized carbons (Fsp3) is 0.526. The van der Waals surface area contributed by atoms with Gasteiger partial charge in [-0.15, -0.1) is 0 Å². The van der Waals surface area contributed by atoms with Crippen molar-refractivity contribution in [3.05, 3.63) is 53.9 Å². The third-order valence-electron chi connectivity index (χ3n) is 4.43. The van der Waals surface area contributed by atoms with Crippen molar-refractivity contribution in [2.75, 3.05) is 0 Å². The number of nitrogens with zero attached hydrogens (tertiary/aromatic N) is 4. The largest absolute Gasteiger partial charge is 0.449 e. The summed E-state index contributed by atoms with van der Waals surface area (Å²) < 4.78 is 13.1. The second-order valence-corrected chi connectivity index (χ2v) is 7.10. The number of aryl methyl sites for hydroxylation is 1. The molecule has 0 aliphatic rings. The Kier molecular flexibility index (Phi) is 5.06. The topological polar surface area (TPSA) is 69.9 Å². The van der Waals surface area contributed by atoms with E-state index in [9.17, 15) is 0 Å². The predicted octanol–water partition coefficient (Wildman–Crippen LogP) is 4.21. The molecule has 3 rings (SSSR count). The molecule has 0 bridgehead atoms. The van der Waals surface area contributed by atoms with Crippen LogP contribution >= 0.6 is 0 Å². The monoisotopic (exact) mass is 342 g/mol. The first kappa shape index (κ1) is 17.5. The average Bonchev–Trinajstić information content (AvgIpc) is 3.27. The van der Waals surface area contributed by atoms with Crippen LogP contribution in [0.3, 0.4) is 0 Å². The molecule has 134 valence electrons. The molecule has 0 N–H and O–H groups in total. The van der Waals surface area contributed by atoms with Crippen molar-refractivity contribution in [3.8, 4) is 0 Å². The Morgan fingerprint density at radius 3 is 2.48 bits per heavy atom.